The predicted molar refractivity (Wildman–Crippen MR) is 51.2 cm³/mol. The van der Waals surface area contributed by atoms with Gasteiger partial charge in [-0.3, -0.25) is 0 Å². The molecule has 0 spiro atoms. The van der Waals surface area contributed by atoms with Gasteiger partial charge in [0.2, 0.25) is 0 Å². The zero-order chi connectivity index (χ0) is 9.64. The summed E-state index contributed by atoms with van der Waals surface area (Å²) in [5.74, 6) is 0.696. The Bertz CT molecular complexity index is 202. The lowest BCUT2D eigenvalue weighted by Crippen LogP contribution is -2.39. The number of rotatable bonds is 1. The van der Waals surface area contributed by atoms with Crippen molar-refractivity contribution in [3.8, 4) is 0 Å². The van der Waals surface area contributed by atoms with Gasteiger partial charge in [-0.25, -0.2) is 0 Å². The summed E-state index contributed by atoms with van der Waals surface area (Å²) < 4.78 is 0. The van der Waals surface area contributed by atoms with Crippen molar-refractivity contribution in [2.75, 3.05) is 0 Å². The van der Waals surface area contributed by atoms with Gasteiger partial charge >= 0.3 is 0 Å². The Kier molecular flexibility index (Phi) is 2.16. The first-order valence-electron chi connectivity index (χ1n) is 5.47. The van der Waals surface area contributed by atoms with E-state index in [1.807, 2.05) is 6.92 Å². The molecule has 0 saturated heterocycles. The minimum atomic E-state index is -0.278. The topological polar surface area (TPSA) is 40.5 Å². The fourth-order valence-electron chi connectivity index (χ4n) is 3.53. The second kappa shape index (κ2) is 2.96. The monoisotopic (exact) mass is 184 g/mol. The first-order valence-corrected chi connectivity index (χ1v) is 5.47. The lowest BCUT2D eigenvalue weighted by atomic mass is 9.74. The first-order chi connectivity index (χ1) is 6.11. The van der Waals surface area contributed by atoms with Gasteiger partial charge in [-0.2, -0.15) is 0 Å². The lowest BCUT2D eigenvalue weighted by molar-refractivity contribution is -0.0437. The molecule has 0 aromatic carbocycles. The van der Waals surface area contributed by atoms with Crippen molar-refractivity contribution in [2.24, 2.45) is 17.3 Å². The molecule has 13 heavy (non-hydrogen) atoms. The van der Waals surface area contributed by atoms with Crippen LogP contribution in [0.1, 0.15) is 39.5 Å². The smallest absolute Gasteiger partial charge is 0.0650 e. The molecule has 2 aliphatic rings. The summed E-state index contributed by atoms with van der Waals surface area (Å²) in [6.07, 6.45) is 3.72. The highest BCUT2D eigenvalue weighted by Crippen LogP contribution is 2.55. The summed E-state index contributed by atoms with van der Waals surface area (Å²) in [7, 11) is 0. The van der Waals surface area contributed by atoms with Crippen LogP contribution in [-0.2, 0) is 0 Å². The summed E-state index contributed by atoms with van der Waals surface area (Å²) in [5, 5.41) is 20.2. The minimum Gasteiger partial charge on any atom is -0.392 e. The molecule has 2 heteroatoms. The van der Waals surface area contributed by atoms with E-state index in [9.17, 15) is 10.2 Å². The molecular formula is C11H20O2. The third-order valence-electron chi connectivity index (χ3n) is 4.44. The van der Waals surface area contributed by atoms with E-state index in [2.05, 4.69) is 6.92 Å². The number of fused-ring (bicyclic) bond motifs is 2. The fourth-order valence-corrected chi connectivity index (χ4v) is 3.53. The molecular weight excluding hydrogens is 164 g/mol. The summed E-state index contributed by atoms with van der Waals surface area (Å²) in [5.41, 5.74) is -0.205. The minimum absolute atomic E-state index is 0.205. The zero-order valence-electron chi connectivity index (χ0n) is 8.53. The summed E-state index contributed by atoms with van der Waals surface area (Å²) >= 11 is 0. The van der Waals surface area contributed by atoms with Gasteiger partial charge in [-0.05, 0) is 24.7 Å². The lowest BCUT2D eigenvalue weighted by Gasteiger charge is -2.36. The van der Waals surface area contributed by atoms with Crippen LogP contribution in [0.2, 0.25) is 0 Å². The highest BCUT2D eigenvalue weighted by molar-refractivity contribution is 5.07. The van der Waals surface area contributed by atoms with E-state index in [0.717, 1.165) is 19.3 Å². The van der Waals surface area contributed by atoms with Gasteiger partial charge in [-0.1, -0.05) is 26.7 Å². The SMILES string of the molecule is CCC1C2CCCC(C)(C1O)C2O. The Labute approximate surface area is 80.0 Å². The fraction of sp³-hybridized carbons (Fsp3) is 1.00. The Hall–Kier alpha value is -0.0800. The molecule has 5 atom stereocenters. The molecule has 2 N–H and O–H groups in total. The van der Waals surface area contributed by atoms with Gasteiger partial charge in [0.25, 0.3) is 0 Å². The Morgan fingerprint density at radius 2 is 2.00 bits per heavy atom. The number of aliphatic hydroxyl groups excluding tert-OH is 2. The summed E-state index contributed by atoms with van der Waals surface area (Å²) in [4.78, 5) is 0. The first kappa shape index (κ1) is 9.47. The van der Waals surface area contributed by atoms with Crippen LogP contribution >= 0.6 is 0 Å². The molecule has 2 fully saturated rings. The van der Waals surface area contributed by atoms with Crippen molar-refractivity contribution in [1.29, 1.82) is 0 Å². The van der Waals surface area contributed by atoms with Crippen molar-refractivity contribution in [1.82, 2.24) is 0 Å². The maximum absolute atomic E-state index is 10.1. The van der Waals surface area contributed by atoms with Crippen LogP contribution in [0.5, 0.6) is 0 Å². The molecule has 2 saturated carbocycles. The third kappa shape index (κ3) is 1.08. The van der Waals surface area contributed by atoms with Crippen LogP contribution in [0.25, 0.3) is 0 Å². The Balaban J connectivity index is 2.30. The van der Waals surface area contributed by atoms with Gasteiger partial charge in [0, 0.05) is 5.41 Å². The molecule has 0 amide bonds. The molecule has 2 nitrogen and oxygen atoms in total. The van der Waals surface area contributed by atoms with Crippen LogP contribution in [-0.4, -0.2) is 22.4 Å². The largest absolute Gasteiger partial charge is 0.392 e. The van der Waals surface area contributed by atoms with E-state index in [0.29, 0.717) is 11.8 Å². The number of hydrogen-bond donors (Lipinski definition) is 2. The van der Waals surface area contributed by atoms with Gasteiger partial charge in [0.05, 0.1) is 12.2 Å². The average molecular weight is 184 g/mol. The molecule has 0 aliphatic heterocycles. The maximum Gasteiger partial charge on any atom is 0.0650 e. The van der Waals surface area contributed by atoms with E-state index >= 15 is 0 Å². The Morgan fingerprint density at radius 1 is 1.31 bits per heavy atom. The normalized spacial score (nSPS) is 55.4. The van der Waals surface area contributed by atoms with Crippen LogP contribution in [0, 0.1) is 17.3 Å². The standard InChI is InChI=1S/C11H20O2/c1-3-7-8-5-4-6-11(2,9(7)12)10(8)13/h7-10,12-13H,3-6H2,1-2H3. The second-order valence-corrected chi connectivity index (χ2v) is 5.02. The molecule has 2 bridgehead atoms. The van der Waals surface area contributed by atoms with Crippen molar-refractivity contribution in [2.45, 2.75) is 51.7 Å². The molecule has 0 aromatic heterocycles. The molecule has 2 aliphatic carbocycles. The van der Waals surface area contributed by atoms with Crippen molar-refractivity contribution in [3.63, 3.8) is 0 Å². The summed E-state index contributed by atoms with van der Waals surface area (Å²) in [6.45, 7) is 4.16. The molecule has 5 unspecified atom stereocenters. The van der Waals surface area contributed by atoms with Gasteiger partial charge in [0.1, 0.15) is 0 Å². The highest BCUT2D eigenvalue weighted by atomic mass is 16.3. The van der Waals surface area contributed by atoms with Crippen LogP contribution in [0.4, 0.5) is 0 Å². The van der Waals surface area contributed by atoms with Crippen molar-refractivity contribution in [3.05, 3.63) is 0 Å². The van der Waals surface area contributed by atoms with E-state index in [-0.39, 0.29) is 17.6 Å². The third-order valence-corrected chi connectivity index (χ3v) is 4.44. The average Bonchev–Trinajstić information content (AvgIpc) is 2.23. The molecule has 0 aromatic rings. The van der Waals surface area contributed by atoms with Gasteiger partial charge in [0.15, 0.2) is 0 Å². The predicted octanol–water partition coefficient (Wildman–Crippen LogP) is 1.55. The quantitative estimate of drug-likeness (QED) is 0.649. The molecule has 76 valence electrons. The maximum atomic E-state index is 10.1. The molecule has 2 rings (SSSR count). The zero-order valence-corrected chi connectivity index (χ0v) is 8.53. The number of hydrogen-bond acceptors (Lipinski definition) is 2. The second-order valence-electron chi connectivity index (χ2n) is 5.02. The van der Waals surface area contributed by atoms with Crippen LogP contribution in [0.15, 0.2) is 0 Å². The van der Waals surface area contributed by atoms with Gasteiger partial charge < -0.3 is 10.2 Å². The van der Waals surface area contributed by atoms with Crippen molar-refractivity contribution >= 4 is 0 Å². The van der Waals surface area contributed by atoms with E-state index in [1.165, 1.54) is 6.42 Å². The van der Waals surface area contributed by atoms with E-state index in [1.54, 1.807) is 0 Å². The van der Waals surface area contributed by atoms with Gasteiger partial charge in [-0.15, -0.1) is 0 Å². The van der Waals surface area contributed by atoms with Crippen molar-refractivity contribution < 1.29 is 10.2 Å². The molecule has 0 heterocycles. The van der Waals surface area contributed by atoms with Crippen LogP contribution in [0.3, 0.4) is 0 Å². The van der Waals surface area contributed by atoms with E-state index in [4.69, 9.17) is 0 Å². The Morgan fingerprint density at radius 3 is 2.54 bits per heavy atom. The van der Waals surface area contributed by atoms with Crippen LogP contribution < -0.4 is 0 Å². The molecule has 0 radical (unpaired) electrons. The highest BCUT2D eigenvalue weighted by Gasteiger charge is 2.57. The number of aliphatic hydroxyl groups is 2. The van der Waals surface area contributed by atoms with E-state index < -0.39 is 0 Å². The summed E-state index contributed by atoms with van der Waals surface area (Å²) in [6, 6.07) is 0.